The minimum atomic E-state index is -1.99. The lowest BCUT2D eigenvalue weighted by Gasteiger charge is -2.46. The van der Waals surface area contributed by atoms with E-state index in [0.717, 1.165) is 28.6 Å². The number of amides is 2. The van der Waals surface area contributed by atoms with Crippen molar-refractivity contribution in [2.24, 2.45) is 16.2 Å². The topological polar surface area (TPSA) is 173 Å². The molecule has 1 fully saturated rings. The van der Waals surface area contributed by atoms with Gasteiger partial charge in [-0.25, -0.2) is 0 Å². The second kappa shape index (κ2) is 21.3. The second-order valence-corrected chi connectivity index (χ2v) is 22.5. The number of methoxy groups -OCH3 is 1. The highest BCUT2D eigenvalue weighted by molar-refractivity contribution is 6.73. The van der Waals surface area contributed by atoms with E-state index < -0.39 is 84.9 Å². The number of hydrogen-bond acceptors (Lipinski definition) is 12. The third-order valence-corrected chi connectivity index (χ3v) is 14.8. The number of para-hydroxylation sites is 1. The van der Waals surface area contributed by atoms with E-state index in [-0.39, 0.29) is 26.1 Å². The highest BCUT2D eigenvalue weighted by Crippen LogP contribution is 2.33. The zero-order chi connectivity index (χ0) is 43.4. The van der Waals surface area contributed by atoms with E-state index in [1.165, 1.54) is 7.11 Å². The first-order chi connectivity index (χ1) is 26.5. The summed E-state index contributed by atoms with van der Waals surface area (Å²) in [6.45, 7) is 21.1. The van der Waals surface area contributed by atoms with Crippen LogP contribution in [0, 0.1) is 16.2 Å². The van der Waals surface area contributed by atoms with Gasteiger partial charge in [0.1, 0.15) is 6.04 Å². The van der Waals surface area contributed by atoms with Crippen molar-refractivity contribution in [3.8, 4) is 0 Å². The van der Waals surface area contributed by atoms with Gasteiger partial charge in [0.15, 0.2) is 32.9 Å². The first kappa shape index (κ1) is 49.3. The molecule has 1 heterocycles. The molecule has 57 heavy (non-hydrogen) atoms. The Bertz CT molecular complexity index is 1520. The van der Waals surface area contributed by atoms with E-state index in [1.54, 1.807) is 74.4 Å². The Hall–Kier alpha value is -3.82. The fraction of sp³-hybridized carbons (Fsp3) is 0.714. The van der Waals surface area contributed by atoms with Gasteiger partial charge >= 0.3 is 23.9 Å². The Morgan fingerprint density at radius 1 is 0.825 bits per heavy atom. The molecule has 0 unspecified atom stereocenters. The zero-order valence-corrected chi connectivity index (χ0v) is 37.5. The summed E-state index contributed by atoms with van der Waals surface area (Å²) in [5.41, 5.74) is -1.80. The van der Waals surface area contributed by atoms with Crippen LogP contribution in [0.25, 0.3) is 0 Å². The number of nitrogens with zero attached hydrogens (tertiary/aromatic N) is 1. The Morgan fingerprint density at radius 3 is 1.86 bits per heavy atom. The highest BCUT2D eigenvalue weighted by atomic mass is 28.4. The summed E-state index contributed by atoms with van der Waals surface area (Å²) >= 11 is 0. The molecule has 5 atom stereocenters. The number of ether oxygens (including phenoxy) is 5. The van der Waals surface area contributed by atoms with Crippen LogP contribution >= 0.6 is 0 Å². The van der Waals surface area contributed by atoms with Crippen molar-refractivity contribution in [3.63, 3.8) is 0 Å². The van der Waals surface area contributed by atoms with E-state index in [2.05, 4.69) is 26.1 Å². The number of carbonyl (C=O) groups excluding carboxylic acids is 6. The van der Waals surface area contributed by atoms with Crippen molar-refractivity contribution in [2.75, 3.05) is 19.0 Å². The fourth-order valence-electron chi connectivity index (χ4n) is 6.00. The molecule has 14 nitrogen and oxygen atoms in total. The number of hydrogen-bond donors (Lipinski definition) is 1. The maximum atomic E-state index is 14.5. The molecule has 1 saturated heterocycles. The van der Waals surface area contributed by atoms with Crippen LogP contribution in [-0.2, 0) is 63.5 Å². The average molecular weight is 821 g/mol. The summed E-state index contributed by atoms with van der Waals surface area (Å²) in [5.74, 6) is -3.03. The largest absolute Gasteiger partial charge is 0.469 e. The smallest absolute Gasteiger partial charge is 0.311 e. The molecular formula is C42H68N2O12Si. The standard InChI is InChI=1S/C42H68N2O12Si/c1-14-57(15-2,16-3)53-25-28-21-17-18-22-29(28)43-35(47)30(23-19-20-24-32(46)51-13)44(27-45)36-34(56-39(50)42(10,11)12)33(55-38(49)41(7,8)9)31(26-52-36)54-37(48)40(4,5)6/h17-18,21-22,27,30-31,33-34,36H,14-16,19-20,23-26H2,1-13H3,(H,43,47)/t30-,31+,33+,34-,36-/m0/s1. The maximum Gasteiger partial charge on any atom is 0.311 e. The van der Waals surface area contributed by atoms with Gasteiger partial charge in [0.2, 0.25) is 12.3 Å². The molecule has 1 aromatic rings. The first-order valence-electron chi connectivity index (χ1n) is 20.1. The number of benzene rings is 1. The van der Waals surface area contributed by atoms with Crippen LogP contribution in [0.15, 0.2) is 24.3 Å². The summed E-state index contributed by atoms with van der Waals surface area (Å²) in [5, 5.41) is 3.00. The SMILES string of the molecule is CC[Si](CC)(CC)OCc1ccccc1NC(=O)[C@H](CCCCC(=O)OC)N(C=O)[C@H]1OC[C@@H](OC(=O)C(C)(C)C)[C@@H](OC(=O)C(C)(C)C)[C@@H]1OC(=O)C(C)(C)C. The van der Waals surface area contributed by atoms with Gasteiger partial charge in [0, 0.05) is 12.1 Å². The van der Waals surface area contributed by atoms with E-state index in [9.17, 15) is 28.8 Å². The lowest BCUT2D eigenvalue weighted by molar-refractivity contribution is -0.256. The van der Waals surface area contributed by atoms with Gasteiger partial charge in [0.05, 0.1) is 36.6 Å². The van der Waals surface area contributed by atoms with Gasteiger partial charge in [-0.1, -0.05) is 45.4 Å². The van der Waals surface area contributed by atoms with Crippen LogP contribution in [0.4, 0.5) is 5.69 Å². The molecule has 1 aromatic carbocycles. The quantitative estimate of drug-likeness (QED) is 0.0502. The highest BCUT2D eigenvalue weighted by Gasteiger charge is 2.53. The minimum absolute atomic E-state index is 0.0619. The van der Waals surface area contributed by atoms with Crippen molar-refractivity contribution in [2.45, 2.75) is 164 Å². The molecule has 322 valence electrons. The van der Waals surface area contributed by atoms with E-state index in [4.69, 9.17) is 28.1 Å². The average Bonchev–Trinajstić information content (AvgIpc) is 3.14. The van der Waals surface area contributed by atoms with E-state index in [0.29, 0.717) is 24.9 Å². The molecule has 0 saturated carbocycles. The lowest BCUT2D eigenvalue weighted by atomic mass is 9.94. The van der Waals surface area contributed by atoms with Crippen molar-refractivity contribution in [1.82, 2.24) is 4.90 Å². The number of anilines is 1. The molecule has 2 rings (SSSR count). The molecule has 1 N–H and O–H groups in total. The van der Waals surface area contributed by atoms with Gasteiger partial charge in [-0.3, -0.25) is 28.8 Å². The lowest BCUT2D eigenvalue weighted by Crippen LogP contribution is -2.65. The Labute approximate surface area is 340 Å². The molecule has 0 bridgehead atoms. The van der Waals surface area contributed by atoms with Crippen LogP contribution < -0.4 is 5.32 Å². The maximum absolute atomic E-state index is 14.5. The van der Waals surface area contributed by atoms with Crippen molar-refractivity contribution in [3.05, 3.63) is 29.8 Å². The third kappa shape index (κ3) is 14.2. The predicted molar refractivity (Wildman–Crippen MR) is 217 cm³/mol. The monoisotopic (exact) mass is 820 g/mol. The Kier molecular flexibility index (Phi) is 18.4. The normalized spacial score (nSPS) is 19.5. The first-order valence-corrected chi connectivity index (χ1v) is 22.6. The van der Waals surface area contributed by atoms with Gasteiger partial charge in [0.25, 0.3) is 0 Å². The fourth-order valence-corrected chi connectivity index (χ4v) is 8.58. The van der Waals surface area contributed by atoms with Gasteiger partial charge < -0.3 is 38.3 Å². The molecule has 1 aliphatic rings. The predicted octanol–water partition coefficient (Wildman–Crippen LogP) is 6.94. The number of unbranched alkanes of at least 4 members (excludes halogenated alkanes) is 1. The third-order valence-electron chi connectivity index (χ3n) is 10.1. The minimum Gasteiger partial charge on any atom is -0.469 e. The second-order valence-electron chi connectivity index (χ2n) is 17.7. The van der Waals surface area contributed by atoms with Crippen molar-refractivity contribution < 1.29 is 56.9 Å². The van der Waals surface area contributed by atoms with Crippen LogP contribution in [-0.4, -0.2) is 93.7 Å². The van der Waals surface area contributed by atoms with Gasteiger partial charge in [-0.15, -0.1) is 0 Å². The van der Waals surface area contributed by atoms with Crippen LogP contribution in [0.1, 0.15) is 114 Å². The van der Waals surface area contributed by atoms with Crippen molar-refractivity contribution in [1.29, 1.82) is 0 Å². The molecule has 1 aliphatic heterocycles. The number of nitrogens with one attached hydrogen (secondary N) is 1. The molecule has 0 spiro atoms. The number of esters is 4. The molecular weight excluding hydrogens is 753 g/mol. The Balaban J connectivity index is 2.70. The number of carbonyl (C=O) groups is 6. The van der Waals surface area contributed by atoms with Crippen molar-refractivity contribution >= 4 is 50.2 Å². The van der Waals surface area contributed by atoms with Gasteiger partial charge in [-0.05, 0) is 105 Å². The number of rotatable bonds is 19. The van der Waals surface area contributed by atoms with Crippen LogP contribution in [0.2, 0.25) is 18.1 Å². The van der Waals surface area contributed by atoms with Crippen LogP contribution in [0.5, 0.6) is 0 Å². The van der Waals surface area contributed by atoms with Crippen LogP contribution in [0.3, 0.4) is 0 Å². The molecule has 0 aliphatic carbocycles. The molecule has 15 heteroatoms. The summed E-state index contributed by atoms with van der Waals surface area (Å²) in [6, 6.07) is 8.87. The summed E-state index contributed by atoms with van der Waals surface area (Å²) in [7, 11) is -0.700. The Morgan fingerprint density at radius 2 is 1.35 bits per heavy atom. The van der Waals surface area contributed by atoms with Gasteiger partial charge in [-0.2, -0.15) is 0 Å². The molecule has 2 amide bonds. The summed E-state index contributed by atoms with van der Waals surface area (Å²) in [6.07, 6.45) is -4.46. The zero-order valence-electron chi connectivity index (χ0n) is 36.5. The molecule has 0 aromatic heterocycles. The summed E-state index contributed by atoms with van der Waals surface area (Å²) < 4.78 is 35.5. The van der Waals surface area contributed by atoms with E-state index >= 15 is 0 Å². The summed E-state index contributed by atoms with van der Waals surface area (Å²) in [4.78, 5) is 81.2. The molecule has 0 radical (unpaired) electrons. The van der Waals surface area contributed by atoms with E-state index in [1.807, 2.05) is 12.1 Å².